The number of nitrogens with one attached hydrogen (secondary N) is 2. The van der Waals surface area contributed by atoms with Gasteiger partial charge in [0.1, 0.15) is 17.5 Å². The lowest BCUT2D eigenvalue weighted by molar-refractivity contribution is -0.140. The maximum absolute atomic E-state index is 13.4. The number of aromatic nitrogens is 3. The predicted molar refractivity (Wildman–Crippen MR) is 145 cm³/mol. The van der Waals surface area contributed by atoms with Crippen molar-refractivity contribution in [1.29, 1.82) is 5.41 Å². The highest BCUT2D eigenvalue weighted by Gasteiger charge is 2.21. The van der Waals surface area contributed by atoms with Gasteiger partial charge in [0.2, 0.25) is 0 Å². The minimum absolute atomic E-state index is 0. The highest BCUT2D eigenvalue weighted by Crippen LogP contribution is 2.21. The third-order valence-electron chi connectivity index (χ3n) is 5.81. The van der Waals surface area contributed by atoms with Crippen LogP contribution in [0, 0.1) is 5.41 Å². The number of hydrogen-bond donors (Lipinski definition) is 3. The average molecular weight is 522 g/mol. The molecule has 0 spiro atoms. The molecule has 1 amide bonds. The molecule has 2 aromatic carbocycles. The summed E-state index contributed by atoms with van der Waals surface area (Å²) in [7, 11) is 3.24. The zero-order valence-corrected chi connectivity index (χ0v) is 21.3. The van der Waals surface area contributed by atoms with Crippen LogP contribution in [0.25, 0.3) is 11.0 Å². The lowest BCUT2D eigenvalue weighted by Crippen LogP contribution is -2.33. The number of halogens is 1. The second-order valence-corrected chi connectivity index (χ2v) is 8.11. The van der Waals surface area contributed by atoms with E-state index in [1.165, 1.54) is 12.0 Å². The number of amides is 1. The second kappa shape index (κ2) is 12.0. The number of benzene rings is 2. The van der Waals surface area contributed by atoms with E-state index in [9.17, 15) is 9.59 Å². The zero-order chi connectivity index (χ0) is 25.7. The lowest BCUT2D eigenvalue weighted by atomic mass is 10.1. The minimum Gasteiger partial charge on any atom is -0.469 e. The van der Waals surface area contributed by atoms with E-state index in [1.807, 2.05) is 29.8 Å². The normalized spacial score (nSPS) is 10.4. The monoisotopic (exact) mass is 521 g/mol. The Balaban J connectivity index is 0.00000380. The molecule has 0 saturated carbocycles. The summed E-state index contributed by atoms with van der Waals surface area (Å²) in [6, 6.07) is 17.9. The molecule has 0 fully saturated rings. The molecule has 2 aromatic heterocycles. The number of imidazole rings is 1. The number of esters is 1. The summed E-state index contributed by atoms with van der Waals surface area (Å²) in [5.41, 5.74) is 9.05. The van der Waals surface area contributed by atoms with Crippen molar-refractivity contribution < 1.29 is 14.3 Å². The van der Waals surface area contributed by atoms with Gasteiger partial charge in [-0.25, -0.2) is 9.97 Å². The van der Waals surface area contributed by atoms with E-state index in [1.54, 1.807) is 48.7 Å². The predicted octanol–water partition coefficient (Wildman–Crippen LogP) is 3.50. The molecule has 0 atom stereocenters. The molecule has 2 heterocycles. The van der Waals surface area contributed by atoms with Crippen LogP contribution < -0.4 is 16.0 Å². The van der Waals surface area contributed by atoms with E-state index < -0.39 is 5.97 Å². The summed E-state index contributed by atoms with van der Waals surface area (Å²) < 4.78 is 6.70. The number of pyridine rings is 1. The SMILES string of the molecule is COC(=O)CCN(C(=O)c1ccc2c(c1)nc(CNc1ccc(C(=N)N)cc1)n2C)c1ccccn1.Cl. The van der Waals surface area contributed by atoms with Crippen LogP contribution in [-0.2, 0) is 23.1 Å². The molecule has 4 aromatic rings. The number of aryl methyl sites for hydroxylation is 1. The first-order chi connectivity index (χ1) is 17.4. The van der Waals surface area contributed by atoms with Gasteiger partial charge in [0.15, 0.2) is 0 Å². The summed E-state index contributed by atoms with van der Waals surface area (Å²) in [5.74, 6) is 0.576. The molecule has 11 heteroatoms. The van der Waals surface area contributed by atoms with Crippen LogP contribution in [0.15, 0.2) is 66.9 Å². The molecule has 4 rings (SSSR count). The highest BCUT2D eigenvalue weighted by molar-refractivity contribution is 6.07. The Kier molecular flexibility index (Phi) is 8.81. The number of rotatable bonds is 9. The Morgan fingerprint density at radius 3 is 2.49 bits per heavy atom. The van der Waals surface area contributed by atoms with Crippen molar-refractivity contribution in [2.24, 2.45) is 12.8 Å². The topological polar surface area (TPSA) is 139 Å². The third-order valence-corrected chi connectivity index (χ3v) is 5.81. The Morgan fingerprint density at radius 1 is 1.11 bits per heavy atom. The number of amidine groups is 1. The Hall–Kier alpha value is -4.44. The molecule has 0 unspecified atom stereocenters. The number of carbonyl (C=O) groups is 2. The quantitative estimate of drug-likeness (QED) is 0.174. The van der Waals surface area contributed by atoms with Gasteiger partial charge in [0.25, 0.3) is 5.91 Å². The van der Waals surface area contributed by atoms with Gasteiger partial charge in [0, 0.05) is 36.6 Å². The largest absolute Gasteiger partial charge is 0.469 e. The number of carbonyl (C=O) groups excluding carboxylic acids is 2. The Labute approximate surface area is 220 Å². The molecule has 10 nitrogen and oxygen atoms in total. The van der Waals surface area contributed by atoms with E-state index in [0.29, 0.717) is 29.0 Å². The maximum Gasteiger partial charge on any atom is 0.307 e. The van der Waals surface area contributed by atoms with Crippen LogP contribution in [0.4, 0.5) is 11.5 Å². The molecule has 4 N–H and O–H groups in total. The maximum atomic E-state index is 13.4. The number of methoxy groups -OCH3 is 1. The Bertz CT molecular complexity index is 1410. The fourth-order valence-electron chi connectivity index (χ4n) is 3.78. The van der Waals surface area contributed by atoms with Crippen molar-refractivity contribution in [1.82, 2.24) is 14.5 Å². The van der Waals surface area contributed by atoms with Crippen molar-refractivity contribution in [3.63, 3.8) is 0 Å². The smallest absolute Gasteiger partial charge is 0.307 e. The number of nitrogen functional groups attached to an aromatic ring is 1. The minimum atomic E-state index is -0.406. The molecule has 0 bridgehead atoms. The zero-order valence-electron chi connectivity index (χ0n) is 20.5. The van der Waals surface area contributed by atoms with Crippen molar-refractivity contribution in [2.45, 2.75) is 13.0 Å². The van der Waals surface area contributed by atoms with E-state index in [-0.39, 0.29) is 37.1 Å². The van der Waals surface area contributed by atoms with E-state index in [0.717, 1.165) is 17.0 Å². The van der Waals surface area contributed by atoms with Gasteiger partial charge in [-0.1, -0.05) is 6.07 Å². The molecule has 0 aliphatic heterocycles. The summed E-state index contributed by atoms with van der Waals surface area (Å²) in [5, 5.41) is 10.8. The first-order valence-electron chi connectivity index (χ1n) is 11.3. The van der Waals surface area contributed by atoms with Crippen LogP contribution in [-0.4, -0.2) is 45.9 Å². The van der Waals surface area contributed by atoms with Gasteiger partial charge in [0.05, 0.1) is 31.1 Å². The van der Waals surface area contributed by atoms with Crippen LogP contribution >= 0.6 is 12.4 Å². The third kappa shape index (κ3) is 6.22. The van der Waals surface area contributed by atoms with E-state index in [2.05, 4.69) is 10.3 Å². The summed E-state index contributed by atoms with van der Waals surface area (Å²) >= 11 is 0. The average Bonchev–Trinajstić information content (AvgIpc) is 3.22. The number of anilines is 2. The fourth-order valence-corrected chi connectivity index (χ4v) is 3.78. The number of nitrogens with two attached hydrogens (primary N) is 1. The van der Waals surface area contributed by atoms with Gasteiger partial charge >= 0.3 is 5.97 Å². The molecule has 0 radical (unpaired) electrons. The van der Waals surface area contributed by atoms with Crippen LogP contribution in [0.5, 0.6) is 0 Å². The number of ether oxygens (including phenoxy) is 1. The summed E-state index contributed by atoms with van der Waals surface area (Å²) in [6.07, 6.45) is 1.65. The van der Waals surface area contributed by atoms with Gasteiger partial charge in [-0.05, 0) is 54.6 Å². The first-order valence-corrected chi connectivity index (χ1v) is 11.3. The standard InChI is InChI=1S/C26H27N7O3.ClH/c1-32-21-11-8-18(26(35)33(14-12-24(34)36-2)22-5-3-4-13-29-22)15-20(21)31-23(32)16-30-19-9-6-17(7-10-19)25(27)28;/h3-11,13,15,30H,12,14,16H2,1-2H3,(H3,27,28);1H. The van der Waals surface area contributed by atoms with E-state index >= 15 is 0 Å². The number of fused-ring (bicyclic) bond motifs is 1. The number of hydrogen-bond acceptors (Lipinski definition) is 7. The Morgan fingerprint density at radius 2 is 1.84 bits per heavy atom. The first kappa shape index (κ1) is 27.2. The van der Waals surface area contributed by atoms with Crippen LogP contribution in [0.1, 0.15) is 28.2 Å². The molecule has 0 saturated heterocycles. The lowest BCUT2D eigenvalue weighted by Gasteiger charge is -2.21. The molecule has 192 valence electrons. The molecular formula is C26H28ClN7O3. The molecule has 37 heavy (non-hydrogen) atoms. The number of nitrogens with zero attached hydrogens (tertiary/aromatic N) is 4. The van der Waals surface area contributed by atoms with Crippen LogP contribution in [0.3, 0.4) is 0 Å². The van der Waals surface area contributed by atoms with Gasteiger partial charge in [-0.15, -0.1) is 12.4 Å². The van der Waals surface area contributed by atoms with Gasteiger partial charge in [-0.2, -0.15) is 0 Å². The van der Waals surface area contributed by atoms with Crippen molar-refractivity contribution in [3.05, 3.63) is 83.8 Å². The molecule has 0 aliphatic carbocycles. The van der Waals surface area contributed by atoms with Gasteiger partial charge in [-0.3, -0.25) is 19.9 Å². The van der Waals surface area contributed by atoms with Crippen molar-refractivity contribution in [2.75, 3.05) is 23.9 Å². The van der Waals surface area contributed by atoms with Crippen molar-refractivity contribution >= 4 is 52.7 Å². The van der Waals surface area contributed by atoms with Crippen molar-refractivity contribution in [3.8, 4) is 0 Å². The summed E-state index contributed by atoms with van der Waals surface area (Å²) in [6.45, 7) is 0.605. The fraction of sp³-hybridized carbons (Fsp3) is 0.192. The molecule has 0 aliphatic rings. The highest BCUT2D eigenvalue weighted by atomic mass is 35.5. The van der Waals surface area contributed by atoms with Crippen LogP contribution in [0.2, 0.25) is 0 Å². The van der Waals surface area contributed by atoms with Gasteiger partial charge < -0.3 is 20.4 Å². The summed E-state index contributed by atoms with van der Waals surface area (Å²) in [4.78, 5) is 35.6. The second-order valence-electron chi connectivity index (χ2n) is 8.11. The van der Waals surface area contributed by atoms with E-state index in [4.69, 9.17) is 20.9 Å². The molecular weight excluding hydrogens is 494 g/mol.